The number of benzene rings is 3. The van der Waals surface area contributed by atoms with Gasteiger partial charge in [-0.25, -0.2) is 4.79 Å². The Morgan fingerprint density at radius 2 is 1.60 bits per heavy atom. The van der Waals surface area contributed by atoms with Crippen molar-refractivity contribution in [2.45, 2.75) is 15.8 Å². The van der Waals surface area contributed by atoms with E-state index in [0.29, 0.717) is 10.6 Å². The van der Waals surface area contributed by atoms with E-state index in [-0.39, 0.29) is 28.4 Å². The summed E-state index contributed by atoms with van der Waals surface area (Å²) in [5.41, 5.74) is -0.622. The van der Waals surface area contributed by atoms with Gasteiger partial charge in [0.15, 0.2) is 11.5 Å². The van der Waals surface area contributed by atoms with Crippen molar-refractivity contribution in [3.63, 3.8) is 0 Å². The molecule has 0 aliphatic carbocycles. The largest absolute Gasteiger partial charge is 0.477 e. The number of carbonyl (C=O) groups excluding carboxylic acids is 1. The van der Waals surface area contributed by atoms with Crippen LogP contribution < -0.4 is 10.3 Å². The van der Waals surface area contributed by atoms with Gasteiger partial charge in [0.05, 0.1) is 10.6 Å². The molecule has 1 aromatic heterocycles. The zero-order chi connectivity index (χ0) is 32.5. The molecular formula is C25H17ClN8O9S2. The molecule has 45 heavy (non-hydrogen) atoms. The molecule has 0 fully saturated rings. The molecule has 4 aromatic rings. The Labute approximate surface area is 258 Å². The minimum Gasteiger partial charge on any atom is -0.477 e. The van der Waals surface area contributed by atoms with E-state index < -0.39 is 59.3 Å². The van der Waals surface area contributed by atoms with Crippen molar-refractivity contribution in [3.8, 4) is 11.4 Å². The van der Waals surface area contributed by atoms with Crippen LogP contribution in [0.5, 0.6) is 0 Å². The van der Waals surface area contributed by atoms with Gasteiger partial charge in [0.2, 0.25) is 17.3 Å². The van der Waals surface area contributed by atoms with Crippen LogP contribution in [0.15, 0.2) is 97.9 Å². The molecule has 17 nitrogen and oxygen atoms in total. The average Bonchev–Trinajstić information content (AvgIpc) is 3.32. The number of hydrazone groups is 1. The van der Waals surface area contributed by atoms with Crippen molar-refractivity contribution in [2.24, 2.45) is 15.3 Å². The number of hydrogen-bond acceptors (Lipinski definition) is 13. The first-order valence-electron chi connectivity index (χ1n) is 12.2. The summed E-state index contributed by atoms with van der Waals surface area (Å²) in [6.45, 7) is 0. The number of hydrogen-bond donors (Lipinski definition) is 4. The van der Waals surface area contributed by atoms with Crippen LogP contribution in [0.1, 0.15) is 0 Å². The summed E-state index contributed by atoms with van der Waals surface area (Å²) in [5.74, 6) is -2.51. The third-order valence-corrected chi connectivity index (χ3v) is 7.84. The molecule has 1 aliphatic rings. The number of carboxylic acids is 1. The van der Waals surface area contributed by atoms with Gasteiger partial charge in [-0.15, -0.1) is 0 Å². The summed E-state index contributed by atoms with van der Waals surface area (Å²) < 4.78 is 66.1. The van der Waals surface area contributed by atoms with Gasteiger partial charge in [0.1, 0.15) is 10.6 Å². The van der Waals surface area contributed by atoms with Crippen LogP contribution in [0.25, 0.3) is 11.4 Å². The van der Waals surface area contributed by atoms with Gasteiger partial charge in [-0.1, -0.05) is 30.3 Å². The predicted octanol–water partition coefficient (Wildman–Crippen LogP) is 3.37. The third kappa shape index (κ3) is 6.97. The smallest absolute Gasteiger partial charge is 0.355 e. The summed E-state index contributed by atoms with van der Waals surface area (Å²) in [5, 5.41) is 23.9. The van der Waals surface area contributed by atoms with E-state index in [1.165, 1.54) is 6.07 Å². The van der Waals surface area contributed by atoms with E-state index in [1.54, 1.807) is 30.3 Å². The number of azo groups is 1. The van der Waals surface area contributed by atoms with Crippen LogP contribution in [-0.2, 0) is 29.8 Å². The van der Waals surface area contributed by atoms with Gasteiger partial charge in [0.25, 0.3) is 26.1 Å². The van der Waals surface area contributed by atoms with E-state index >= 15 is 0 Å². The van der Waals surface area contributed by atoms with Crippen LogP contribution >= 0.6 is 11.6 Å². The average molecular weight is 673 g/mol. The molecule has 3 aromatic carbocycles. The third-order valence-electron chi connectivity index (χ3n) is 5.92. The van der Waals surface area contributed by atoms with Crippen molar-refractivity contribution in [3.05, 3.63) is 78.1 Å². The number of nitrogens with zero attached hydrogens (tertiary/aromatic N) is 7. The van der Waals surface area contributed by atoms with Crippen molar-refractivity contribution >= 4 is 72.4 Å². The topological polar surface area (TPSA) is 254 Å². The number of carboxylic acid groups (broad SMARTS) is 1. The van der Waals surface area contributed by atoms with Crippen LogP contribution in [0, 0.1) is 0 Å². The zero-order valence-electron chi connectivity index (χ0n) is 22.1. The fourth-order valence-electron chi connectivity index (χ4n) is 3.91. The number of nitrogens with one attached hydrogen (secondary N) is 1. The second-order valence-electron chi connectivity index (χ2n) is 8.93. The van der Waals surface area contributed by atoms with Crippen LogP contribution in [0.4, 0.5) is 23.0 Å². The second-order valence-corrected chi connectivity index (χ2v) is 12.1. The van der Waals surface area contributed by atoms with E-state index in [4.69, 9.17) is 16.2 Å². The Balaban J connectivity index is 1.43. The molecule has 230 valence electrons. The van der Waals surface area contributed by atoms with E-state index in [2.05, 4.69) is 35.6 Å². The van der Waals surface area contributed by atoms with E-state index in [9.17, 15) is 36.1 Å². The lowest BCUT2D eigenvalue weighted by atomic mass is 10.2. The van der Waals surface area contributed by atoms with Crippen LogP contribution in [-0.4, -0.2) is 69.6 Å². The van der Waals surface area contributed by atoms with Gasteiger partial charge in [0, 0.05) is 11.3 Å². The number of anilines is 3. The fourth-order valence-corrected chi connectivity index (χ4v) is 5.19. The fraction of sp³-hybridized carbons (Fsp3) is 0.0400. The maximum Gasteiger partial charge on any atom is 0.355 e. The first kappa shape index (κ1) is 31.2. The highest BCUT2D eigenvalue weighted by Gasteiger charge is 2.41. The molecule has 1 atom stereocenters. The molecule has 1 unspecified atom stereocenters. The molecule has 0 saturated carbocycles. The number of rotatable bonds is 9. The summed E-state index contributed by atoms with van der Waals surface area (Å²) in [6.07, 6.45) is 0. The first-order valence-corrected chi connectivity index (χ1v) is 15.5. The highest BCUT2D eigenvalue weighted by Crippen LogP contribution is 2.31. The number of halogens is 1. The molecule has 4 N–H and O–H groups in total. The standard InChI is InChI=1S/C25H17ClN8O9S2/c26-24-28-21(13-4-2-1-3-5-13)29-25(30-24)27-14-6-11-17(18(12-14)45(41,42)43)31-32-19-20(23(36)37)33-34(22(19)35)15-7-9-16(10-8-15)44(38,39)40/h1-12,19H,(H,36,37)(H,38,39,40)(H,41,42,43)(H,27,28,29,30). The van der Waals surface area contributed by atoms with Crippen molar-refractivity contribution in [2.75, 3.05) is 10.3 Å². The van der Waals surface area contributed by atoms with Gasteiger partial charge >= 0.3 is 5.97 Å². The summed E-state index contributed by atoms with van der Waals surface area (Å²) in [7, 11) is -9.49. The number of aliphatic carboxylic acids is 1. The van der Waals surface area contributed by atoms with Gasteiger partial charge in [-0.3, -0.25) is 13.9 Å². The normalized spacial score (nSPS) is 15.4. The quantitative estimate of drug-likeness (QED) is 0.147. The molecule has 1 amide bonds. The molecule has 2 heterocycles. The van der Waals surface area contributed by atoms with E-state index in [1.807, 2.05) is 0 Å². The van der Waals surface area contributed by atoms with Crippen LogP contribution in [0.2, 0.25) is 5.28 Å². The molecule has 0 spiro atoms. The first-order chi connectivity index (χ1) is 21.2. The lowest BCUT2D eigenvalue weighted by Crippen LogP contribution is -2.33. The Bertz CT molecular complexity index is 2110. The molecule has 1 aliphatic heterocycles. The lowest BCUT2D eigenvalue weighted by molar-refractivity contribution is -0.130. The van der Waals surface area contributed by atoms with Crippen molar-refractivity contribution in [1.29, 1.82) is 0 Å². The summed E-state index contributed by atoms with van der Waals surface area (Å²) >= 11 is 6.04. The minimum atomic E-state index is -4.95. The summed E-state index contributed by atoms with van der Waals surface area (Å²) in [6, 6.07) is 14.4. The Hall–Kier alpha value is -5.21. The Kier molecular flexibility index (Phi) is 8.36. The maximum absolute atomic E-state index is 13.0. The molecular weight excluding hydrogens is 656 g/mol. The summed E-state index contributed by atoms with van der Waals surface area (Å²) in [4.78, 5) is 35.9. The number of aromatic nitrogens is 3. The SMILES string of the molecule is O=C(O)C1=NN(c2ccc(S(=O)(=O)O)cc2)C(=O)C1N=Nc1ccc(Nc2nc(Cl)nc(-c3ccccc3)n2)cc1S(=O)(=O)O. The Morgan fingerprint density at radius 1 is 0.911 bits per heavy atom. The minimum absolute atomic E-state index is 0.0620. The second kappa shape index (κ2) is 12.1. The Morgan fingerprint density at radius 3 is 2.22 bits per heavy atom. The highest BCUT2D eigenvalue weighted by molar-refractivity contribution is 7.86. The van der Waals surface area contributed by atoms with E-state index in [0.717, 1.165) is 36.4 Å². The molecule has 20 heteroatoms. The zero-order valence-corrected chi connectivity index (χ0v) is 24.5. The van der Waals surface area contributed by atoms with Gasteiger partial charge in [-0.2, -0.15) is 52.1 Å². The molecule has 5 rings (SSSR count). The monoisotopic (exact) mass is 672 g/mol. The number of amides is 1. The van der Waals surface area contributed by atoms with Gasteiger partial charge < -0.3 is 10.4 Å². The molecule has 0 saturated heterocycles. The van der Waals surface area contributed by atoms with Crippen molar-refractivity contribution < 1.29 is 40.6 Å². The number of carbonyl (C=O) groups is 2. The highest BCUT2D eigenvalue weighted by atomic mass is 35.5. The molecule has 0 radical (unpaired) electrons. The molecule has 0 bridgehead atoms. The predicted molar refractivity (Wildman–Crippen MR) is 157 cm³/mol. The van der Waals surface area contributed by atoms with Crippen LogP contribution in [0.3, 0.4) is 0 Å². The van der Waals surface area contributed by atoms with Crippen molar-refractivity contribution in [1.82, 2.24) is 15.0 Å². The maximum atomic E-state index is 13.0. The van der Waals surface area contributed by atoms with Gasteiger partial charge in [-0.05, 0) is 54.1 Å². The lowest BCUT2D eigenvalue weighted by Gasteiger charge is -2.12.